The van der Waals surface area contributed by atoms with Gasteiger partial charge in [-0.1, -0.05) is 54.7 Å². The highest BCUT2D eigenvalue weighted by atomic mass is 35.5. The van der Waals surface area contributed by atoms with E-state index in [9.17, 15) is 13.2 Å². The van der Waals surface area contributed by atoms with E-state index in [1.54, 1.807) is 17.0 Å². The number of sulfonamides is 1. The van der Waals surface area contributed by atoms with E-state index < -0.39 is 10.0 Å². The summed E-state index contributed by atoms with van der Waals surface area (Å²) in [7, 11) is 0.202. The van der Waals surface area contributed by atoms with Crippen molar-refractivity contribution in [2.24, 2.45) is 0 Å². The second kappa shape index (κ2) is 13.0. The number of benzene rings is 3. The molecular formula is C29H35ClN4O3S2. The molecule has 0 fully saturated rings. The predicted octanol–water partition coefficient (Wildman–Crippen LogP) is 5.75. The molecule has 0 bridgehead atoms. The first-order chi connectivity index (χ1) is 18.1. The molecule has 0 saturated heterocycles. The zero-order chi connectivity index (χ0) is 27.4. The van der Waals surface area contributed by atoms with Gasteiger partial charge in [-0.15, -0.1) is 12.4 Å². The van der Waals surface area contributed by atoms with Crippen LogP contribution < -0.4 is 4.90 Å². The number of carbonyl (C=O) groups is 1. The Kier molecular flexibility index (Phi) is 10.3. The molecule has 0 aliphatic carbocycles. The zero-order valence-corrected chi connectivity index (χ0v) is 25.4. The van der Waals surface area contributed by atoms with Crippen LogP contribution in [0.3, 0.4) is 0 Å². The van der Waals surface area contributed by atoms with Crippen LogP contribution in [0.2, 0.25) is 0 Å². The number of fused-ring (bicyclic) bond motifs is 1. The average Bonchev–Trinajstić information content (AvgIpc) is 3.34. The molecule has 39 heavy (non-hydrogen) atoms. The van der Waals surface area contributed by atoms with Gasteiger partial charge >= 0.3 is 0 Å². The second-order valence-electron chi connectivity index (χ2n) is 9.55. The Hall–Kier alpha value is -2.82. The molecule has 0 atom stereocenters. The Morgan fingerprint density at radius 2 is 1.59 bits per heavy atom. The van der Waals surface area contributed by atoms with Gasteiger partial charge in [-0.2, -0.15) is 4.31 Å². The van der Waals surface area contributed by atoms with Crippen molar-refractivity contribution in [3.05, 3.63) is 89.0 Å². The largest absolute Gasteiger partial charge is 0.308 e. The number of hydrogen-bond donors (Lipinski definition) is 0. The van der Waals surface area contributed by atoms with Gasteiger partial charge in [-0.3, -0.25) is 9.69 Å². The lowest BCUT2D eigenvalue weighted by Crippen LogP contribution is -2.36. The molecule has 1 amide bonds. The molecule has 0 saturated carbocycles. The smallest absolute Gasteiger partial charge is 0.260 e. The van der Waals surface area contributed by atoms with Crippen LogP contribution in [-0.2, 0) is 16.6 Å². The maximum absolute atomic E-state index is 13.7. The normalized spacial score (nSPS) is 11.7. The van der Waals surface area contributed by atoms with E-state index in [4.69, 9.17) is 4.98 Å². The van der Waals surface area contributed by atoms with Gasteiger partial charge in [0.25, 0.3) is 5.91 Å². The Morgan fingerprint density at radius 1 is 0.923 bits per heavy atom. The minimum absolute atomic E-state index is 0. The van der Waals surface area contributed by atoms with Gasteiger partial charge in [-0.05, 0) is 75.0 Å². The molecule has 208 valence electrons. The number of thiazole rings is 1. The topological polar surface area (TPSA) is 73.8 Å². The first-order valence-electron chi connectivity index (χ1n) is 12.6. The number of rotatable bonds is 10. The van der Waals surface area contributed by atoms with Crippen LogP contribution in [0, 0.1) is 13.8 Å². The van der Waals surface area contributed by atoms with E-state index in [-0.39, 0.29) is 29.8 Å². The third kappa shape index (κ3) is 6.85. The molecule has 1 aromatic heterocycles. The molecular weight excluding hydrogens is 552 g/mol. The van der Waals surface area contributed by atoms with Gasteiger partial charge in [0.2, 0.25) is 10.0 Å². The van der Waals surface area contributed by atoms with E-state index >= 15 is 0 Å². The number of anilines is 1. The molecule has 7 nitrogen and oxygen atoms in total. The van der Waals surface area contributed by atoms with Crippen LogP contribution in [-0.4, -0.2) is 62.2 Å². The molecule has 0 aliphatic rings. The summed E-state index contributed by atoms with van der Waals surface area (Å²) in [6.45, 7) is 7.67. The number of likely N-dealkylation sites (N-methyl/N-ethyl adjacent to an activating group) is 1. The quantitative estimate of drug-likeness (QED) is 0.236. The van der Waals surface area contributed by atoms with Crippen molar-refractivity contribution < 1.29 is 13.2 Å². The zero-order valence-electron chi connectivity index (χ0n) is 22.9. The van der Waals surface area contributed by atoms with E-state index in [0.29, 0.717) is 30.3 Å². The van der Waals surface area contributed by atoms with Gasteiger partial charge in [0.05, 0.1) is 15.1 Å². The van der Waals surface area contributed by atoms with Crippen molar-refractivity contribution >= 4 is 55.0 Å². The highest BCUT2D eigenvalue weighted by Gasteiger charge is 2.26. The fourth-order valence-corrected chi connectivity index (χ4v) is 6.63. The van der Waals surface area contributed by atoms with Gasteiger partial charge < -0.3 is 4.90 Å². The number of aromatic nitrogens is 1. The first-order valence-corrected chi connectivity index (χ1v) is 14.8. The summed E-state index contributed by atoms with van der Waals surface area (Å²) < 4.78 is 29.2. The molecule has 0 N–H and O–H groups in total. The summed E-state index contributed by atoms with van der Waals surface area (Å²) in [6.07, 6.45) is 0. The standard InChI is InChI=1S/C29H34N4O3S2.ClH/c1-6-32(20-23-10-8-7-9-11-23)38(35,36)25-15-13-24(14-16-25)28(34)33(19-18-31(4)5)29-30-27-22(3)21(2)12-17-26(27)37-29;/h7-17H,6,18-20H2,1-5H3;1H. The summed E-state index contributed by atoms with van der Waals surface area (Å²) in [5, 5.41) is 0.636. The lowest BCUT2D eigenvalue weighted by atomic mass is 10.1. The number of halogens is 1. The fraction of sp³-hybridized carbons (Fsp3) is 0.310. The van der Waals surface area contributed by atoms with Crippen LogP contribution in [0.1, 0.15) is 34.0 Å². The van der Waals surface area contributed by atoms with Gasteiger partial charge in [0.1, 0.15) is 0 Å². The molecule has 4 aromatic rings. The summed E-state index contributed by atoms with van der Waals surface area (Å²) >= 11 is 1.49. The van der Waals surface area contributed by atoms with Gasteiger partial charge in [0.15, 0.2) is 5.13 Å². The van der Waals surface area contributed by atoms with Crippen LogP contribution in [0.4, 0.5) is 5.13 Å². The molecule has 3 aromatic carbocycles. The second-order valence-corrected chi connectivity index (χ2v) is 12.5. The molecule has 10 heteroatoms. The number of amides is 1. The molecule has 0 spiro atoms. The van der Waals surface area contributed by atoms with Crippen LogP contribution in [0.5, 0.6) is 0 Å². The van der Waals surface area contributed by atoms with Crippen molar-refractivity contribution in [3.8, 4) is 0 Å². The third-order valence-corrected chi connectivity index (χ3v) is 9.59. The number of aryl methyl sites for hydroxylation is 2. The van der Waals surface area contributed by atoms with Crippen molar-refractivity contribution in [2.45, 2.75) is 32.2 Å². The van der Waals surface area contributed by atoms with E-state index in [1.807, 2.05) is 69.2 Å². The highest BCUT2D eigenvalue weighted by Crippen LogP contribution is 2.32. The molecule has 1 heterocycles. The summed E-state index contributed by atoms with van der Waals surface area (Å²) in [4.78, 5) is 22.4. The minimum atomic E-state index is -3.72. The lowest BCUT2D eigenvalue weighted by Gasteiger charge is -2.23. The van der Waals surface area contributed by atoms with Gasteiger partial charge in [0, 0.05) is 31.7 Å². The maximum Gasteiger partial charge on any atom is 0.260 e. The Bertz CT molecular complexity index is 1520. The SMILES string of the molecule is CCN(Cc1ccccc1)S(=O)(=O)c1ccc(C(=O)N(CCN(C)C)c2nc3c(C)c(C)ccc3s2)cc1.Cl. The van der Waals surface area contributed by atoms with Gasteiger partial charge in [-0.25, -0.2) is 13.4 Å². The van der Waals surface area contributed by atoms with E-state index in [1.165, 1.54) is 27.8 Å². The predicted molar refractivity (Wildman–Crippen MR) is 163 cm³/mol. The number of hydrogen-bond acceptors (Lipinski definition) is 6. The molecule has 0 aliphatic heterocycles. The van der Waals surface area contributed by atoms with Crippen molar-refractivity contribution in [3.63, 3.8) is 0 Å². The number of nitrogens with zero attached hydrogens (tertiary/aromatic N) is 4. The van der Waals surface area contributed by atoms with Crippen molar-refractivity contribution in [1.29, 1.82) is 0 Å². The molecule has 0 radical (unpaired) electrons. The summed E-state index contributed by atoms with van der Waals surface area (Å²) in [5.41, 5.74) is 4.51. The average molecular weight is 587 g/mol. The Labute approximate surface area is 241 Å². The number of carbonyl (C=O) groups excluding carboxylic acids is 1. The molecule has 0 unspecified atom stereocenters. The molecule has 4 rings (SSSR count). The van der Waals surface area contributed by atoms with Crippen LogP contribution in [0.15, 0.2) is 71.6 Å². The maximum atomic E-state index is 13.7. The van der Waals surface area contributed by atoms with E-state index in [2.05, 4.69) is 13.0 Å². The van der Waals surface area contributed by atoms with Crippen LogP contribution in [0.25, 0.3) is 10.2 Å². The Balaban J connectivity index is 0.00000420. The lowest BCUT2D eigenvalue weighted by molar-refractivity contribution is 0.0985. The van der Waals surface area contributed by atoms with E-state index in [0.717, 1.165) is 26.9 Å². The summed E-state index contributed by atoms with van der Waals surface area (Å²) in [6, 6.07) is 19.9. The van der Waals surface area contributed by atoms with Crippen molar-refractivity contribution in [2.75, 3.05) is 38.6 Å². The van der Waals surface area contributed by atoms with Crippen LogP contribution >= 0.6 is 23.7 Å². The first kappa shape index (κ1) is 30.7. The Morgan fingerprint density at radius 3 is 2.21 bits per heavy atom. The third-order valence-electron chi connectivity index (χ3n) is 6.61. The fourth-order valence-electron chi connectivity index (χ4n) is 4.14. The summed E-state index contributed by atoms with van der Waals surface area (Å²) in [5.74, 6) is -0.208. The van der Waals surface area contributed by atoms with Crippen molar-refractivity contribution in [1.82, 2.24) is 14.2 Å². The highest BCUT2D eigenvalue weighted by molar-refractivity contribution is 7.89. The monoisotopic (exact) mass is 586 g/mol. The minimum Gasteiger partial charge on any atom is -0.308 e.